The van der Waals surface area contributed by atoms with E-state index in [4.69, 9.17) is 0 Å². The number of hydrogen-bond donors (Lipinski definition) is 2. The molecule has 0 saturated heterocycles. The van der Waals surface area contributed by atoms with Crippen molar-refractivity contribution in [2.45, 2.75) is 98.8 Å². The molecule has 0 spiro atoms. The van der Waals surface area contributed by atoms with Crippen molar-refractivity contribution in [1.82, 2.24) is 0 Å². The summed E-state index contributed by atoms with van der Waals surface area (Å²) in [6.45, 7) is 10.1. The molecule has 0 amide bonds. The number of carbonyl (C=O) groups is 2. The summed E-state index contributed by atoms with van der Waals surface area (Å²) in [7, 11) is 0. The zero-order chi connectivity index (χ0) is 21.8. The largest absolute Gasteiger partial charge is 0.481 e. The highest BCUT2D eigenvalue weighted by molar-refractivity contribution is 5.77. The summed E-state index contributed by atoms with van der Waals surface area (Å²) in [5.74, 6) is -1.35. The van der Waals surface area contributed by atoms with Crippen molar-refractivity contribution in [3.63, 3.8) is 0 Å². The van der Waals surface area contributed by atoms with Gasteiger partial charge in [0.1, 0.15) is 0 Å². The second-order valence-corrected chi connectivity index (χ2v) is 9.77. The van der Waals surface area contributed by atoms with E-state index >= 15 is 0 Å². The lowest BCUT2D eigenvalue weighted by Gasteiger charge is -2.20. The minimum atomic E-state index is -0.727. The van der Waals surface area contributed by atoms with Gasteiger partial charge in [-0.3, -0.25) is 9.59 Å². The third-order valence-corrected chi connectivity index (χ3v) is 7.10. The number of aryl methyl sites for hydroxylation is 2. The molecule has 1 aromatic rings. The van der Waals surface area contributed by atoms with Gasteiger partial charge >= 0.3 is 11.9 Å². The molecule has 1 fully saturated rings. The van der Waals surface area contributed by atoms with Gasteiger partial charge in [-0.15, -0.1) is 0 Å². The summed E-state index contributed by atoms with van der Waals surface area (Å²) in [4.78, 5) is 22.7. The van der Waals surface area contributed by atoms with E-state index in [1.54, 1.807) is 13.8 Å². The summed E-state index contributed by atoms with van der Waals surface area (Å²) >= 11 is 0. The molecule has 0 heterocycles. The fourth-order valence-corrected chi connectivity index (χ4v) is 4.27. The van der Waals surface area contributed by atoms with Crippen LogP contribution in [0.4, 0.5) is 0 Å². The van der Waals surface area contributed by atoms with E-state index in [0.717, 1.165) is 57.8 Å². The van der Waals surface area contributed by atoms with Gasteiger partial charge in [0.05, 0.1) is 10.8 Å². The molecule has 1 aliphatic rings. The fourth-order valence-electron chi connectivity index (χ4n) is 4.27. The van der Waals surface area contributed by atoms with Crippen molar-refractivity contribution in [2.75, 3.05) is 0 Å². The van der Waals surface area contributed by atoms with Crippen LogP contribution in [0, 0.1) is 31.6 Å². The van der Waals surface area contributed by atoms with Crippen molar-refractivity contribution in [3.8, 4) is 0 Å². The van der Waals surface area contributed by atoms with Crippen LogP contribution in [0.25, 0.3) is 0 Å². The van der Waals surface area contributed by atoms with E-state index in [2.05, 4.69) is 26.8 Å². The molecule has 0 unspecified atom stereocenters. The number of rotatable bonds is 12. The van der Waals surface area contributed by atoms with Crippen LogP contribution in [0.5, 0.6) is 0 Å². The Labute approximate surface area is 175 Å². The Balaban J connectivity index is 1.96. The van der Waals surface area contributed by atoms with E-state index in [1.807, 2.05) is 0 Å². The van der Waals surface area contributed by atoms with Gasteiger partial charge in [0.25, 0.3) is 0 Å². The van der Waals surface area contributed by atoms with Crippen LogP contribution in [0.3, 0.4) is 0 Å². The monoisotopic (exact) mass is 402 g/mol. The molecule has 2 N–H and O–H groups in total. The van der Waals surface area contributed by atoms with E-state index in [0.29, 0.717) is 6.42 Å². The number of benzene rings is 1. The lowest BCUT2D eigenvalue weighted by Crippen LogP contribution is -2.23. The minimum Gasteiger partial charge on any atom is -0.481 e. The Kier molecular flexibility index (Phi) is 7.53. The normalized spacial score (nSPS) is 15.3. The first-order chi connectivity index (χ1) is 13.5. The Morgan fingerprint density at radius 1 is 0.966 bits per heavy atom. The van der Waals surface area contributed by atoms with Crippen molar-refractivity contribution >= 4 is 11.9 Å². The Bertz CT molecular complexity index is 757. The van der Waals surface area contributed by atoms with Gasteiger partial charge in [0, 0.05) is 0 Å². The molecule has 0 aromatic heterocycles. The summed E-state index contributed by atoms with van der Waals surface area (Å²) < 4.78 is 0. The van der Waals surface area contributed by atoms with Crippen molar-refractivity contribution in [2.24, 2.45) is 10.8 Å². The number of aliphatic carboxylic acids is 2. The summed E-state index contributed by atoms with van der Waals surface area (Å²) in [6, 6.07) is 2.31. The van der Waals surface area contributed by atoms with Crippen LogP contribution in [0.2, 0.25) is 0 Å². The number of carboxylic acids is 2. The van der Waals surface area contributed by atoms with Gasteiger partial charge in [0.15, 0.2) is 0 Å². The van der Waals surface area contributed by atoms with Crippen molar-refractivity contribution in [1.29, 1.82) is 0 Å². The molecule has 162 valence electrons. The summed E-state index contributed by atoms with van der Waals surface area (Å²) in [6.07, 6.45) is 9.03. The molecule has 0 bridgehead atoms. The SMILES string of the molecule is Cc1cc(CCCCC2(C(=O)O)CC2)c(CCCCC(C)(C)C(=O)O)c(C)c1C. The number of unbranched alkanes of at least 4 members (excludes halogenated alkanes) is 2. The van der Waals surface area contributed by atoms with Gasteiger partial charge in [-0.2, -0.15) is 0 Å². The predicted octanol–water partition coefficient (Wildman–Crippen LogP) is 6.01. The molecule has 4 nitrogen and oxygen atoms in total. The minimum absolute atomic E-state index is 0.418. The molecule has 0 aliphatic heterocycles. The van der Waals surface area contributed by atoms with Crippen LogP contribution in [0.15, 0.2) is 6.07 Å². The third-order valence-electron chi connectivity index (χ3n) is 7.10. The van der Waals surface area contributed by atoms with Crippen LogP contribution in [-0.4, -0.2) is 22.2 Å². The number of hydrogen-bond acceptors (Lipinski definition) is 2. The molecule has 1 aromatic carbocycles. The molecule has 2 rings (SSSR count). The Morgan fingerprint density at radius 2 is 1.59 bits per heavy atom. The maximum Gasteiger partial charge on any atom is 0.309 e. The molecular formula is C25H38O4. The second kappa shape index (κ2) is 9.32. The highest BCUT2D eigenvalue weighted by Crippen LogP contribution is 2.50. The maximum atomic E-state index is 11.4. The molecule has 29 heavy (non-hydrogen) atoms. The topological polar surface area (TPSA) is 74.6 Å². The summed E-state index contributed by atoms with van der Waals surface area (Å²) in [5, 5.41) is 18.6. The Hall–Kier alpha value is -1.84. The number of carboxylic acid groups (broad SMARTS) is 2. The fraction of sp³-hybridized carbons (Fsp3) is 0.680. The highest BCUT2D eigenvalue weighted by Gasteiger charge is 2.49. The zero-order valence-electron chi connectivity index (χ0n) is 18.9. The molecule has 0 atom stereocenters. The van der Waals surface area contributed by atoms with Gasteiger partial charge in [0.2, 0.25) is 0 Å². The Morgan fingerprint density at radius 3 is 2.14 bits per heavy atom. The van der Waals surface area contributed by atoms with E-state index in [9.17, 15) is 19.8 Å². The summed E-state index contributed by atoms with van der Waals surface area (Å²) in [5.41, 5.74) is 5.75. The van der Waals surface area contributed by atoms with E-state index in [1.165, 1.54) is 27.8 Å². The van der Waals surface area contributed by atoms with E-state index in [-0.39, 0.29) is 0 Å². The maximum absolute atomic E-state index is 11.4. The lowest BCUT2D eigenvalue weighted by atomic mass is 9.85. The molecule has 1 saturated carbocycles. The standard InChI is InChI=1S/C25H38O4/c1-17-16-20(10-6-9-13-25(14-15-25)23(28)29)21(19(3)18(17)2)11-7-8-12-24(4,5)22(26)27/h16H,6-15H2,1-5H3,(H,26,27)(H,28,29). The molecule has 1 aliphatic carbocycles. The van der Waals surface area contributed by atoms with Gasteiger partial charge in [-0.25, -0.2) is 0 Å². The zero-order valence-corrected chi connectivity index (χ0v) is 18.9. The predicted molar refractivity (Wildman–Crippen MR) is 116 cm³/mol. The average molecular weight is 403 g/mol. The molecule has 4 heteroatoms. The van der Waals surface area contributed by atoms with Crippen LogP contribution in [0.1, 0.15) is 93.0 Å². The van der Waals surface area contributed by atoms with Crippen LogP contribution < -0.4 is 0 Å². The lowest BCUT2D eigenvalue weighted by molar-refractivity contribution is -0.147. The van der Waals surface area contributed by atoms with Gasteiger partial charge in [-0.05, 0) is 114 Å². The third kappa shape index (κ3) is 5.83. The second-order valence-electron chi connectivity index (χ2n) is 9.77. The highest BCUT2D eigenvalue weighted by atomic mass is 16.4. The van der Waals surface area contributed by atoms with Crippen LogP contribution >= 0.6 is 0 Å². The average Bonchev–Trinajstić information content (AvgIpc) is 3.43. The van der Waals surface area contributed by atoms with E-state index < -0.39 is 22.8 Å². The van der Waals surface area contributed by atoms with Crippen molar-refractivity contribution in [3.05, 3.63) is 33.9 Å². The van der Waals surface area contributed by atoms with Gasteiger partial charge in [-0.1, -0.05) is 18.9 Å². The van der Waals surface area contributed by atoms with Crippen molar-refractivity contribution < 1.29 is 19.8 Å². The van der Waals surface area contributed by atoms with Crippen LogP contribution in [-0.2, 0) is 22.4 Å². The first-order valence-electron chi connectivity index (χ1n) is 11.1. The first kappa shape index (κ1) is 23.4. The van der Waals surface area contributed by atoms with Gasteiger partial charge < -0.3 is 10.2 Å². The molecular weight excluding hydrogens is 364 g/mol. The smallest absolute Gasteiger partial charge is 0.309 e. The first-order valence-corrected chi connectivity index (χ1v) is 11.1. The molecule has 0 radical (unpaired) electrons. The quantitative estimate of drug-likeness (QED) is 0.420.